The first-order valence-electron chi connectivity index (χ1n) is 12.7. The first-order chi connectivity index (χ1) is 17.9. The molecular formula is C30H33ClN4O2. The molecule has 0 spiro atoms. The van der Waals surface area contributed by atoms with Crippen LogP contribution >= 0.6 is 11.6 Å². The van der Waals surface area contributed by atoms with E-state index in [0.29, 0.717) is 28.5 Å². The molecule has 0 unspecified atom stereocenters. The van der Waals surface area contributed by atoms with Gasteiger partial charge in [-0.2, -0.15) is 0 Å². The predicted molar refractivity (Wildman–Crippen MR) is 154 cm³/mol. The summed E-state index contributed by atoms with van der Waals surface area (Å²) in [6, 6.07) is 22.8. The molecule has 192 valence electrons. The topological polar surface area (TPSA) is 64.7 Å². The van der Waals surface area contributed by atoms with E-state index >= 15 is 0 Å². The van der Waals surface area contributed by atoms with Crippen LogP contribution in [0.15, 0.2) is 72.8 Å². The molecule has 6 nitrogen and oxygen atoms in total. The summed E-state index contributed by atoms with van der Waals surface area (Å²) in [6.07, 6.45) is 2.04. The molecule has 0 aromatic heterocycles. The molecule has 0 fully saturated rings. The van der Waals surface area contributed by atoms with Crippen molar-refractivity contribution in [2.24, 2.45) is 0 Å². The van der Waals surface area contributed by atoms with Crippen LogP contribution in [0.1, 0.15) is 37.8 Å². The number of fused-ring (bicyclic) bond motifs is 1. The molecule has 0 radical (unpaired) electrons. The number of halogens is 1. The fourth-order valence-corrected chi connectivity index (χ4v) is 4.71. The van der Waals surface area contributed by atoms with Gasteiger partial charge in [-0.05, 0) is 67.9 Å². The van der Waals surface area contributed by atoms with E-state index in [9.17, 15) is 9.59 Å². The van der Waals surface area contributed by atoms with Crippen LogP contribution in [0.5, 0.6) is 0 Å². The Kier molecular flexibility index (Phi) is 8.64. The van der Waals surface area contributed by atoms with E-state index in [-0.39, 0.29) is 11.8 Å². The number of benzene rings is 3. The molecular weight excluding hydrogens is 484 g/mol. The van der Waals surface area contributed by atoms with Gasteiger partial charge in [0.05, 0.1) is 23.5 Å². The smallest absolute Gasteiger partial charge is 0.258 e. The molecule has 0 bridgehead atoms. The van der Waals surface area contributed by atoms with Gasteiger partial charge in [0.1, 0.15) is 0 Å². The summed E-state index contributed by atoms with van der Waals surface area (Å²) < 4.78 is 0. The van der Waals surface area contributed by atoms with Crippen LogP contribution in [-0.2, 0) is 9.59 Å². The molecule has 37 heavy (non-hydrogen) atoms. The van der Waals surface area contributed by atoms with E-state index < -0.39 is 0 Å². The van der Waals surface area contributed by atoms with E-state index in [4.69, 9.17) is 11.6 Å². The molecule has 3 aromatic carbocycles. The largest absolute Gasteiger partial charge is 0.354 e. The minimum absolute atomic E-state index is 0.0626. The molecule has 1 aliphatic rings. The fourth-order valence-electron chi connectivity index (χ4n) is 4.53. The zero-order chi connectivity index (χ0) is 26.4. The molecule has 0 atom stereocenters. The van der Waals surface area contributed by atoms with Crippen LogP contribution in [0, 0.1) is 0 Å². The number of hydrogen-bond donors (Lipinski definition) is 2. The number of nitrogens with zero attached hydrogens (tertiary/aromatic N) is 2. The van der Waals surface area contributed by atoms with Gasteiger partial charge in [-0.15, -0.1) is 0 Å². The van der Waals surface area contributed by atoms with Crippen molar-refractivity contribution in [1.82, 2.24) is 4.90 Å². The number of likely N-dealkylation sites (N-methyl/N-ethyl adjacent to an activating group) is 1. The van der Waals surface area contributed by atoms with Crippen molar-refractivity contribution in [3.05, 3.63) is 88.9 Å². The molecule has 2 N–H and O–H groups in total. The van der Waals surface area contributed by atoms with Crippen molar-refractivity contribution in [3.63, 3.8) is 0 Å². The minimum Gasteiger partial charge on any atom is -0.354 e. The average Bonchev–Trinajstić information content (AvgIpc) is 3.22. The molecule has 4 rings (SSSR count). The molecule has 0 saturated carbocycles. The maximum Gasteiger partial charge on any atom is 0.258 e. The number of rotatable bonds is 10. The maximum absolute atomic E-state index is 13.0. The lowest BCUT2D eigenvalue weighted by Crippen LogP contribution is -2.39. The normalized spacial score (nSPS) is 13.8. The quantitative estimate of drug-likeness (QED) is 0.308. The van der Waals surface area contributed by atoms with E-state index in [1.54, 1.807) is 17.0 Å². The van der Waals surface area contributed by atoms with Gasteiger partial charge in [-0.25, -0.2) is 0 Å². The summed E-state index contributed by atoms with van der Waals surface area (Å²) in [6.45, 7) is 6.49. The predicted octanol–water partition coefficient (Wildman–Crippen LogP) is 6.36. The molecule has 0 saturated heterocycles. The molecule has 2 amide bonds. The lowest BCUT2D eigenvalue weighted by Gasteiger charge is -2.24. The summed E-state index contributed by atoms with van der Waals surface area (Å²) in [7, 11) is 1.81. The third kappa shape index (κ3) is 6.21. The lowest BCUT2D eigenvalue weighted by molar-refractivity contribution is -0.119. The monoisotopic (exact) mass is 516 g/mol. The summed E-state index contributed by atoms with van der Waals surface area (Å²) in [5, 5.41) is 6.95. The van der Waals surface area contributed by atoms with Gasteiger partial charge in [0.15, 0.2) is 0 Å². The molecule has 1 aliphatic heterocycles. The average molecular weight is 517 g/mol. The third-order valence-electron chi connectivity index (χ3n) is 6.38. The number of anilines is 3. The van der Waals surface area contributed by atoms with Crippen molar-refractivity contribution < 1.29 is 9.59 Å². The Morgan fingerprint density at radius 1 is 0.946 bits per heavy atom. The van der Waals surface area contributed by atoms with Crippen molar-refractivity contribution in [1.29, 1.82) is 0 Å². The second-order valence-electron chi connectivity index (χ2n) is 9.16. The van der Waals surface area contributed by atoms with E-state index in [1.807, 2.05) is 67.7 Å². The Hall–Kier alpha value is -3.61. The Morgan fingerprint density at radius 2 is 1.62 bits per heavy atom. The van der Waals surface area contributed by atoms with Gasteiger partial charge in [0, 0.05) is 29.0 Å². The van der Waals surface area contributed by atoms with Gasteiger partial charge >= 0.3 is 0 Å². The Labute approximate surface area is 223 Å². The number of carbonyl (C=O) groups excluding carboxylic acids is 2. The summed E-state index contributed by atoms with van der Waals surface area (Å²) in [4.78, 5) is 29.9. The van der Waals surface area contributed by atoms with E-state index in [2.05, 4.69) is 29.4 Å². The van der Waals surface area contributed by atoms with Crippen molar-refractivity contribution >= 4 is 51.7 Å². The zero-order valence-electron chi connectivity index (χ0n) is 21.6. The number of amides is 2. The molecule has 0 aliphatic carbocycles. The van der Waals surface area contributed by atoms with Gasteiger partial charge in [-0.1, -0.05) is 61.8 Å². The SMILES string of the molecule is CCCN(CCC)CC(=O)N(C)c1ccc(N/C(=C2\C(=O)Nc3cc(Cl)ccc32)c2ccccc2)cc1. The van der Waals surface area contributed by atoms with Crippen molar-refractivity contribution in [3.8, 4) is 0 Å². The highest BCUT2D eigenvalue weighted by Gasteiger charge is 2.28. The summed E-state index contributed by atoms with van der Waals surface area (Å²) in [5.74, 6) is -0.123. The highest BCUT2D eigenvalue weighted by atomic mass is 35.5. The first kappa shape index (κ1) is 26.5. The standard InChI is InChI=1S/C30H33ClN4O2/c1-4-17-35(18-5-2)20-27(36)34(3)24-14-12-23(13-15-24)32-29(21-9-7-6-8-10-21)28-25-16-11-22(31)19-26(25)33-30(28)37/h6-16,19,32H,4-5,17-18,20H2,1-3H3,(H,33,37)/b29-28-. The Bertz CT molecular complexity index is 1280. The van der Waals surface area contributed by atoms with Crippen LogP contribution in [0.3, 0.4) is 0 Å². The van der Waals surface area contributed by atoms with Crippen LogP contribution in [0.4, 0.5) is 17.1 Å². The summed E-state index contributed by atoms with van der Waals surface area (Å²) >= 11 is 6.15. The fraction of sp³-hybridized carbons (Fsp3) is 0.267. The zero-order valence-corrected chi connectivity index (χ0v) is 22.3. The highest BCUT2D eigenvalue weighted by Crippen LogP contribution is 2.38. The van der Waals surface area contributed by atoms with E-state index in [0.717, 1.165) is 48.4 Å². The first-order valence-corrected chi connectivity index (χ1v) is 13.1. The highest BCUT2D eigenvalue weighted by molar-refractivity contribution is 6.38. The Morgan fingerprint density at radius 3 is 2.27 bits per heavy atom. The van der Waals surface area contributed by atoms with E-state index in [1.165, 1.54) is 0 Å². The molecule has 3 aromatic rings. The van der Waals surface area contributed by atoms with Gasteiger partial charge < -0.3 is 15.5 Å². The van der Waals surface area contributed by atoms with Crippen LogP contribution in [0.25, 0.3) is 11.3 Å². The number of hydrogen-bond acceptors (Lipinski definition) is 4. The van der Waals surface area contributed by atoms with Gasteiger partial charge in [0.2, 0.25) is 5.91 Å². The lowest BCUT2D eigenvalue weighted by atomic mass is 10.00. The second-order valence-corrected chi connectivity index (χ2v) is 9.60. The maximum atomic E-state index is 13.0. The molecule has 7 heteroatoms. The minimum atomic E-state index is -0.186. The van der Waals surface area contributed by atoms with Crippen molar-refractivity contribution in [2.45, 2.75) is 26.7 Å². The molecule has 1 heterocycles. The number of carbonyl (C=O) groups is 2. The number of nitrogens with one attached hydrogen (secondary N) is 2. The third-order valence-corrected chi connectivity index (χ3v) is 6.61. The van der Waals surface area contributed by atoms with Crippen molar-refractivity contribution in [2.75, 3.05) is 42.2 Å². The van der Waals surface area contributed by atoms with Crippen LogP contribution < -0.4 is 15.5 Å². The second kappa shape index (κ2) is 12.1. The van der Waals surface area contributed by atoms with Crippen LogP contribution in [-0.4, -0.2) is 43.4 Å². The van der Waals surface area contributed by atoms with Gasteiger partial charge in [-0.3, -0.25) is 14.5 Å². The van der Waals surface area contributed by atoms with Crippen LogP contribution in [0.2, 0.25) is 5.02 Å². The Balaban J connectivity index is 1.60. The summed E-state index contributed by atoms with van der Waals surface area (Å²) in [5.41, 5.74) is 5.26. The van der Waals surface area contributed by atoms with Gasteiger partial charge in [0.25, 0.3) is 5.91 Å².